The van der Waals surface area contributed by atoms with Crippen LogP contribution < -0.4 is 0 Å². The number of rotatable bonds is 3. The molecule has 0 heterocycles. The zero-order chi connectivity index (χ0) is 26.1. The third kappa shape index (κ3) is 12.8. The Kier molecular flexibility index (Phi) is 14.8. The summed E-state index contributed by atoms with van der Waals surface area (Å²) < 4.78 is 4.35. The van der Waals surface area contributed by atoms with Gasteiger partial charge in [0.2, 0.25) is 0 Å². The molecule has 1 nitrogen and oxygen atoms in total. The number of hydrogen-bond donors (Lipinski definition) is 0. The van der Waals surface area contributed by atoms with Crippen LogP contribution in [0.25, 0.3) is 0 Å². The van der Waals surface area contributed by atoms with Gasteiger partial charge in [-0.1, -0.05) is 18.2 Å². The Bertz CT molecular complexity index is 956. The standard InChI is InChI=1S/C12H17N.3C7H7.V/c1-8(2)10-6-5-7-11(9(3)4)12(10)13;3*1-7-5-3-2-4-6-7;/h5-9H,1-4H3;3*2-6H,1H2;/q;3*-1;. The Labute approximate surface area is 223 Å². The Balaban J connectivity index is 0.000000248. The number of benzene rings is 4. The first-order chi connectivity index (χ1) is 16.8. The molecule has 4 rings (SSSR count). The molecular weight excluding hydrogens is 461 g/mol. The van der Waals surface area contributed by atoms with Gasteiger partial charge in [0.15, 0.2) is 0 Å². The van der Waals surface area contributed by atoms with Crippen LogP contribution in [-0.4, -0.2) is 0 Å². The Morgan fingerprint density at radius 2 is 0.771 bits per heavy atom. The van der Waals surface area contributed by atoms with Crippen molar-refractivity contribution in [2.24, 2.45) is 3.79 Å². The predicted molar refractivity (Wildman–Crippen MR) is 149 cm³/mol. The smallest absolute Gasteiger partial charge is 0.0866 e. The number of hydrogen-bond acceptors (Lipinski definition) is 1. The van der Waals surface area contributed by atoms with Crippen molar-refractivity contribution < 1.29 is 17.2 Å². The van der Waals surface area contributed by atoms with Gasteiger partial charge in [0.25, 0.3) is 0 Å². The van der Waals surface area contributed by atoms with Gasteiger partial charge in [-0.05, 0) is 0 Å². The summed E-state index contributed by atoms with van der Waals surface area (Å²) >= 11 is 2.33. The van der Waals surface area contributed by atoms with E-state index < -0.39 is 0 Å². The van der Waals surface area contributed by atoms with Crippen LogP contribution in [0.1, 0.15) is 67.3 Å². The third-order valence-corrected chi connectivity index (χ3v) is 5.28. The molecule has 0 bridgehead atoms. The molecule has 0 atom stereocenters. The average molecular weight is 500 g/mol. The predicted octanol–water partition coefficient (Wildman–Crippen LogP) is 9.90. The Hall–Kier alpha value is -3.13. The van der Waals surface area contributed by atoms with Crippen molar-refractivity contribution in [3.63, 3.8) is 0 Å². The maximum absolute atomic E-state index is 4.35. The zero-order valence-corrected chi connectivity index (χ0v) is 23.0. The monoisotopic (exact) mass is 499 g/mol. The largest absolute Gasteiger partial charge is 0.199 e. The number of nitrogens with zero attached hydrogens (tertiary/aromatic N) is 1. The van der Waals surface area contributed by atoms with E-state index in [0.29, 0.717) is 11.8 Å². The van der Waals surface area contributed by atoms with Crippen LogP contribution >= 0.6 is 0 Å². The van der Waals surface area contributed by atoms with Crippen LogP contribution in [0.3, 0.4) is 0 Å². The first-order valence-corrected chi connectivity index (χ1v) is 12.5. The van der Waals surface area contributed by atoms with Gasteiger partial charge in [-0.2, -0.15) is 73.9 Å². The quantitative estimate of drug-likeness (QED) is 0.249. The van der Waals surface area contributed by atoms with Crippen molar-refractivity contribution in [2.45, 2.75) is 39.5 Å². The van der Waals surface area contributed by atoms with Gasteiger partial charge in [-0.15, -0.1) is 36.4 Å². The summed E-state index contributed by atoms with van der Waals surface area (Å²) in [6.07, 6.45) is 0. The normalized spacial score (nSPS) is 9.51. The van der Waals surface area contributed by atoms with Crippen molar-refractivity contribution in [3.8, 4) is 0 Å². The van der Waals surface area contributed by atoms with E-state index >= 15 is 0 Å². The second-order valence-corrected chi connectivity index (χ2v) is 8.96. The van der Waals surface area contributed by atoms with E-state index in [0.717, 1.165) is 22.4 Å². The summed E-state index contributed by atoms with van der Waals surface area (Å²) in [4.78, 5) is 0. The average Bonchev–Trinajstić information content (AvgIpc) is 2.86. The minimum atomic E-state index is 0.539. The Morgan fingerprint density at radius 3 is 0.943 bits per heavy atom. The maximum Gasteiger partial charge on any atom is -0.0866 e. The first-order valence-electron chi connectivity index (χ1n) is 11.8. The van der Waals surface area contributed by atoms with Crippen molar-refractivity contribution >= 4 is 5.69 Å². The van der Waals surface area contributed by atoms with Crippen molar-refractivity contribution in [2.75, 3.05) is 0 Å². The van der Waals surface area contributed by atoms with Gasteiger partial charge in [0.05, 0.1) is 0 Å². The molecule has 0 spiro atoms. The van der Waals surface area contributed by atoms with Crippen LogP contribution in [0.15, 0.2) is 113 Å². The van der Waals surface area contributed by atoms with Gasteiger partial charge in [-0.3, -0.25) is 0 Å². The third-order valence-electron chi connectivity index (χ3n) is 4.97. The van der Waals surface area contributed by atoms with E-state index in [9.17, 15) is 0 Å². The van der Waals surface area contributed by atoms with Gasteiger partial charge < -0.3 is 0 Å². The molecule has 0 aliphatic carbocycles. The molecular formula is C33H38NV-3. The molecule has 0 aliphatic rings. The van der Waals surface area contributed by atoms with Crippen LogP contribution in [0.5, 0.6) is 0 Å². The molecule has 4 aromatic rings. The fourth-order valence-corrected chi connectivity index (χ4v) is 3.42. The van der Waals surface area contributed by atoms with E-state index in [1.54, 1.807) is 0 Å². The molecule has 0 radical (unpaired) electrons. The van der Waals surface area contributed by atoms with Gasteiger partial charge >= 0.3 is 95.6 Å². The summed E-state index contributed by atoms with van der Waals surface area (Å²) in [6.45, 7) is 20.0. The molecule has 183 valence electrons. The van der Waals surface area contributed by atoms with Gasteiger partial charge in [-0.25, -0.2) is 0 Å². The fourth-order valence-electron chi connectivity index (χ4n) is 3.06. The molecule has 4 aromatic carbocycles. The molecule has 0 unspecified atom stereocenters. The van der Waals surface area contributed by atoms with Gasteiger partial charge in [0, 0.05) is 0 Å². The maximum atomic E-state index is 4.35. The summed E-state index contributed by atoms with van der Waals surface area (Å²) in [5.74, 6) is 1.08. The van der Waals surface area contributed by atoms with Crippen LogP contribution in [0.2, 0.25) is 0 Å². The fraction of sp³-hybridized carbons (Fsp3) is 0.182. The molecule has 0 saturated carbocycles. The molecule has 2 heteroatoms. The van der Waals surface area contributed by atoms with E-state index in [-0.39, 0.29) is 0 Å². The molecule has 0 fully saturated rings. The molecule has 0 aliphatic heterocycles. The topological polar surface area (TPSA) is 12.4 Å². The van der Waals surface area contributed by atoms with Crippen molar-refractivity contribution in [3.05, 3.63) is 158 Å². The van der Waals surface area contributed by atoms with E-state index in [1.807, 2.05) is 91.0 Å². The second-order valence-electron chi connectivity index (χ2n) is 8.65. The molecule has 0 amide bonds. The Morgan fingerprint density at radius 1 is 0.486 bits per heavy atom. The molecule has 0 aromatic heterocycles. The minimum absolute atomic E-state index is 0.539. The van der Waals surface area contributed by atoms with E-state index in [2.05, 4.69) is 87.7 Å². The van der Waals surface area contributed by atoms with Crippen LogP contribution in [0, 0.1) is 20.8 Å². The summed E-state index contributed by atoms with van der Waals surface area (Å²) in [6, 6.07) is 36.1. The second kappa shape index (κ2) is 17.3. The SMILES string of the molecule is CC(C)c1cccc(C(C)C)c1[N]=[V].[CH2-]c1ccccc1.[CH2-]c1ccccc1.[CH2-]c1ccccc1. The van der Waals surface area contributed by atoms with Gasteiger partial charge in [0.1, 0.15) is 0 Å². The first kappa shape index (κ1) is 29.9. The molecule has 35 heavy (non-hydrogen) atoms. The molecule has 0 saturated heterocycles. The zero-order valence-electron chi connectivity index (χ0n) is 21.6. The van der Waals surface area contributed by atoms with Crippen molar-refractivity contribution in [1.29, 1.82) is 0 Å². The summed E-state index contributed by atoms with van der Waals surface area (Å²) in [5.41, 5.74) is 7.07. The summed E-state index contributed by atoms with van der Waals surface area (Å²) in [5, 5.41) is 0. The van der Waals surface area contributed by atoms with Crippen LogP contribution in [0.4, 0.5) is 5.69 Å². The van der Waals surface area contributed by atoms with Crippen molar-refractivity contribution in [1.82, 2.24) is 0 Å². The molecule has 0 N–H and O–H groups in total. The van der Waals surface area contributed by atoms with E-state index in [4.69, 9.17) is 0 Å². The minimum Gasteiger partial charge on any atom is -0.199 e. The summed E-state index contributed by atoms with van der Waals surface area (Å²) in [7, 11) is 0. The van der Waals surface area contributed by atoms with Crippen LogP contribution in [-0.2, 0) is 17.2 Å². The van der Waals surface area contributed by atoms with E-state index in [1.165, 1.54) is 11.1 Å².